The first-order valence-corrected chi connectivity index (χ1v) is 4.01. The zero-order chi connectivity index (χ0) is 7.28. The molecule has 0 aromatic rings. The van der Waals surface area contributed by atoms with Crippen LogP contribution in [0.25, 0.3) is 0 Å². The molecule has 0 atom stereocenters. The Bertz CT molecular complexity index is 156. The van der Waals surface area contributed by atoms with Crippen molar-refractivity contribution in [2.24, 2.45) is 0 Å². The van der Waals surface area contributed by atoms with E-state index in [0.717, 1.165) is 11.8 Å². The van der Waals surface area contributed by atoms with Gasteiger partial charge in [0.1, 0.15) is 9.89 Å². The maximum absolute atomic E-state index is 8.04. The van der Waals surface area contributed by atoms with Crippen molar-refractivity contribution in [2.75, 3.05) is 5.75 Å². The Balaban J connectivity index is 3.67. The average molecular weight is 202 g/mol. The number of thioether (sulfide) groups is 1. The molecule has 0 aliphatic heterocycles. The summed E-state index contributed by atoms with van der Waals surface area (Å²) in [6.45, 7) is 0. The summed E-state index contributed by atoms with van der Waals surface area (Å²) < 4.78 is 0.0272. The Kier molecular flexibility index (Phi) is 5.51. The van der Waals surface area contributed by atoms with Crippen molar-refractivity contribution in [2.45, 2.75) is 0 Å². The summed E-state index contributed by atoms with van der Waals surface area (Å²) in [7, 11) is 0. The Morgan fingerprint density at radius 2 is 2.00 bits per heavy atom. The summed E-state index contributed by atoms with van der Waals surface area (Å²) in [5, 5.41) is 10.2. The van der Waals surface area contributed by atoms with E-state index in [1.54, 1.807) is 0 Å². The first-order valence-electron chi connectivity index (χ1n) is 1.89. The first-order chi connectivity index (χ1) is 4.18. The minimum atomic E-state index is 0.0272. The SMILES string of the molecule is N#CSCC(Cl)=C(Cl)Cl. The number of hydrogen-bond acceptors (Lipinski definition) is 2. The Labute approximate surface area is 72.6 Å². The molecule has 0 aliphatic rings. The van der Waals surface area contributed by atoms with Crippen molar-refractivity contribution in [1.29, 1.82) is 5.26 Å². The molecule has 0 saturated carbocycles. The maximum Gasteiger partial charge on any atom is 0.133 e. The molecule has 0 rings (SSSR count). The topological polar surface area (TPSA) is 23.8 Å². The standard InChI is InChI=1S/C4H2Cl3NS/c5-3(4(6)7)1-9-2-8/h1H2. The van der Waals surface area contributed by atoms with Gasteiger partial charge in [-0.05, 0) is 11.8 Å². The van der Waals surface area contributed by atoms with Gasteiger partial charge in [-0.15, -0.1) is 0 Å². The van der Waals surface area contributed by atoms with Crippen LogP contribution in [0.15, 0.2) is 9.52 Å². The van der Waals surface area contributed by atoms with Crippen molar-refractivity contribution in [1.82, 2.24) is 0 Å². The van der Waals surface area contributed by atoms with Gasteiger partial charge in [0.2, 0.25) is 0 Å². The fourth-order valence-corrected chi connectivity index (χ4v) is 0.942. The summed E-state index contributed by atoms with van der Waals surface area (Å²) in [6, 6.07) is 0. The number of hydrogen-bond donors (Lipinski definition) is 0. The normalized spacial score (nSPS) is 8.22. The summed E-state index contributed by atoms with van der Waals surface area (Å²) >= 11 is 16.9. The lowest BCUT2D eigenvalue weighted by molar-refractivity contribution is 1.56. The molecule has 0 unspecified atom stereocenters. The summed E-state index contributed by atoms with van der Waals surface area (Å²) in [4.78, 5) is 0. The van der Waals surface area contributed by atoms with Crippen LogP contribution in [-0.4, -0.2) is 5.75 Å². The number of nitrogens with zero attached hydrogens (tertiary/aromatic N) is 1. The van der Waals surface area contributed by atoms with Gasteiger partial charge < -0.3 is 0 Å². The predicted octanol–water partition coefficient (Wildman–Crippen LogP) is 3.09. The fraction of sp³-hybridized carbons (Fsp3) is 0.250. The van der Waals surface area contributed by atoms with Gasteiger partial charge in [-0.2, -0.15) is 5.26 Å². The lowest BCUT2D eigenvalue weighted by Gasteiger charge is -1.89. The second kappa shape index (κ2) is 5.25. The van der Waals surface area contributed by atoms with Gasteiger partial charge >= 0.3 is 0 Å². The van der Waals surface area contributed by atoms with E-state index >= 15 is 0 Å². The van der Waals surface area contributed by atoms with Gasteiger partial charge in [0, 0.05) is 5.75 Å². The van der Waals surface area contributed by atoms with Crippen molar-refractivity contribution in [3.63, 3.8) is 0 Å². The van der Waals surface area contributed by atoms with Gasteiger partial charge in [-0.25, -0.2) is 0 Å². The number of nitriles is 1. The molecule has 0 radical (unpaired) electrons. The van der Waals surface area contributed by atoms with E-state index in [1.807, 2.05) is 5.40 Å². The quantitative estimate of drug-likeness (QED) is 0.643. The van der Waals surface area contributed by atoms with Crippen molar-refractivity contribution < 1.29 is 0 Å². The summed E-state index contributed by atoms with van der Waals surface area (Å²) in [5.41, 5.74) is 0. The zero-order valence-electron chi connectivity index (χ0n) is 4.20. The Morgan fingerprint density at radius 1 is 1.44 bits per heavy atom. The highest BCUT2D eigenvalue weighted by molar-refractivity contribution is 8.03. The fourth-order valence-electron chi connectivity index (χ4n) is 0.150. The minimum Gasteiger partial charge on any atom is -0.185 e. The number of thiocyanates is 1. The Morgan fingerprint density at radius 3 is 2.33 bits per heavy atom. The zero-order valence-corrected chi connectivity index (χ0v) is 7.28. The molecule has 0 aliphatic carbocycles. The summed E-state index contributed by atoms with van der Waals surface area (Å²) in [5.74, 6) is 0.348. The molecule has 1 nitrogen and oxygen atoms in total. The van der Waals surface area contributed by atoms with E-state index < -0.39 is 0 Å². The van der Waals surface area contributed by atoms with Gasteiger partial charge in [-0.3, -0.25) is 0 Å². The molecule has 0 fully saturated rings. The molecular formula is C4H2Cl3NS. The third kappa shape index (κ3) is 4.92. The number of halogens is 3. The third-order valence-corrected chi connectivity index (χ3v) is 2.16. The van der Waals surface area contributed by atoms with Crippen LogP contribution >= 0.6 is 46.6 Å². The van der Waals surface area contributed by atoms with Crippen LogP contribution in [0.2, 0.25) is 0 Å². The molecule has 50 valence electrons. The van der Waals surface area contributed by atoms with Crippen LogP contribution in [-0.2, 0) is 0 Å². The highest BCUT2D eigenvalue weighted by atomic mass is 35.5. The van der Waals surface area contributed by atoms with Crippen LogP contribution in [0, 0.1) is 10.7 Å². The van der Waals surface area contributed by atoms with Gasteiger partial charge in [0.05, 0.1) is 5.03 Å². The molecule has 9 heavy (non-hydrogen) atoms. The van der Waals surface area contributed by atoms with Crippen LogP contribution < -0.4 is 0 Å². The average Bonchev–Trinajstić information content (AvgIpc) is 1.82. The molecule has 0 saturated heterocycles. The molecule has 0 N–H and O–H groups in total. The molecule has 0 bridgehead atoms. The van der Waals surface area contributed by atoms with E-state index in [4.69, 9.17) is 40.1 Å². The minimum absolute atomic E-state index is 0.0272. The van der Waals surface area contributed by atoms with Gasteiger partial charge in [0.15, 0.2) is 0 Å². The molecule has 0 spiro atoms. The van der Waals surface area contributed by atoms with Crippen LogP contribution in [0.3, 0.4) is 0 Å². The Hall–Kier alpha value is 0.450. The van der Waals surface area contributed by atoms with Crippen LogP contribution in [0.5, 0.6) is 0 Å². The van der Waals surface area contributed by atoms with E-state index in [1.165, 1.54) is 0 Å². The molecule has 0 aromatic carbocycles. The molecular weight excluding hydrogens is 200 g/mol. The van der Waals surface area contributed by atoms with Crippen molar-refractivity contribution in [3.8, 4) is 5.40 Å². The molecule has 0 heterocycles. The van der Waals surface area contributed by atoms with Crippen LogP contribution in [0.4, 0.5) is 0 Å². The number of rotatable bonds is 2. The van der Waals surface area contributed by atoms with Gasteiger partial charge in [0.25, 0.3) is 0 Å². The second-order valence-corrected chi connectivity index (χ2v) is 3.21. The van der Waals surface area contributed by atoms with Crippen LogP contribution in [0.1, 0.15) is 0 Å². The predicted molar refractivity (Wildman–Crippen MR) is 42.7 cm³/mol. The van der Waals surface area contributed by atoms with Crippen molar-refractivity contribution >= 4 is 46.6 Å². The largest absolute Gasteiger partial charge is 0.185 e. The smallest absolute Gasteiger partial charge is 0.133 e. The van der Waals surface area contributed by atoms with E-state index in [9.17, 15) is 0 Å². The second-order valence-electron chi connectivity index (χ2n) is 1.05. The van der Waals surface area contributed by atoms with E-state index in [-0.39, 0.29) is 4.49 Å². The third-order valence-electron chi connectivity index (χ3n) is 0.469. The first kappa shape index (κ1) is 9.45. The maximum atomic E-state index is 8.04. The molecule has 0 aromatic heterocycles. The van der Waals surface area contributed by atoms with E-state index in [0.29, 0.717) is 10.8 Å². The lowest BCUT2D eigenvalue weighted by Crippen LogP contribution is -1.75. The van der Waals surface area contributed by atoms with E-state index in [2.05, 4.69) is 0 Å². The molecule has 0 amide bonds. The van der Waals surface area contributed by atoms with Crippen molar-refractivity contribution in [3.05, 3.63) is 9.52 Å². The van der Waals surface area contributed by atoms with Gasteiger partial charge in [-0.1, -0.05) is 34.8 Å². The highest BCUT2D eigenvalue weighted by Crippen LogP contribution is 2.20. The highest BCUT2D eigenvalue weighted by Gasteiger charge is 1.97. The lowest BCUT2D eigenvalue weighted by atomic mass is 10.7. The monoisotopic (exact) mass is 201 g/mol. The molecule has 5 heteroatoms. The summed E-state index contributed by atoms with van der Waals surface area (Å²) in [6.07, 6.45) is 0.